The molecule has 2 rings (SSSR count). The fourth-order valence-corrected chi connectivity index (χ4v) is 2.14. The lowest BCUT2D eigenvalue weighted by atomic mass is 10.2. The van der Waals surface area contributed by atoms with Gasteiger partial charge in [0.1, 0.15) is 18.2 Å². The first-order valence-corrected chi connectivity index (χ1v) is 7.43. The highest BCUT2D eigenvalue weighted by atomic mass is 35.5. The van der Waals surface area contributed by atoms with Crippen molar-refractivity contribution in [2.24, 2.45) is 10.7 Å². The van der Waals surface area contributed by atoms with Crippen molar-refractivity contribution in [1.29, 1.82) is 0 Å². The van der Waals surface area contributed by atoms with Gasteiger partial charge in [0, 0.05) is 15.6 Å². The van der Waals surface area contributed by atoms with E-state index >= 15 is 0 Å². The van der Waals surface area contributed by atoms with Gasteiger partial charge in [0.2, 0.25) is 0 Å². The predicted molar refractivity (Wildman–Crippen MR) is 89.2 cm³/mol. The van der Waals surface area contributed by atoms with E-state index in [9.17, 15) is 0 Å². The summed E-state index contributed by atoms with van der Waals surface area (Å²) in [4.78, 5) is 4.13. The zero-order valence-corrected chi connectivity index (χ0v) is 13.3. The Kier molecular flexibility index (Phi) is 5.74. The second kappa shape index (κ2) is 7.55. The Bertz CT molecular complexity index is 642. The molecule has 3 nitrogen and oxygen atoms in total. The van der Waals surface area contributed by atoms with Crippen LogP contribution < -0.4 is 10.5 Å². The predicted octanol–water partition coefficient (Wildman–Crippen LogP) is 4.80. The minimum atomic E-state index is 0.202. The molecule has 110 valence electrons. The van der Waals surface area contributed by atoms with Crippen LogP contribution in [0.2, 0.25) is 10.0 Å². The molecular weight excluding hydrogens is 331 g/mol. The molecule has 0 heterocycles. The topological polar surface area (TPSA) is 47.6 Å². The average Bonchev–Trinajstić information content (AvgIpc) is 2.48. The van der Waals surface area contributed by atoms with Gasteiger partial charge < -0.3 is 10.5 Å². The Morgan fingerprint density at radius 3 is 2.43 bits per heavy atom. The van der Waals surface area contributed by atoms with Gasteiger partial charge in [-0.15, -0.1) is 11.6 Å². The molecule has 2 N–H and O–H groups in total. The van der Waals surface area contributed by atoms with Crippen molar-refractivity contribution in [2.75, 3.05) is 5.88 Å². The van der Waals surface area contributed by atoms with E-state index in [2.05, 4.69) is 4.99 Å². The summed E-state index contributed by atoms with van der Waals surface area (Å²) in [5.41, 5.74) is 7.16. The highest BCUT2D eigenvalue weighted by Gasteiger charge is 2.03. The maximum absolute atomic E-state index is 6.09. The SMILES string of the molecule is NC(CCl)=Nc1ccc(OCc2ccc(Cl)cc2Cl)cc1. The molecule has 0 aliphatic carbocycles. The molecule has 0 amide bonds. The van der Waals surface area contributed by atoms with E-state index in [0.717, 1.165) is 11.3 Å². The summed E-state index contributed by atoms with van der Waals surface area (Å²) in [6, 6.07) is 12.5. The summed E-state index contributed by atoms with van der Waals surface area (Å²) in [6.45, 7) is 0.364. The van der Waals surface area contributed by atoms with Crippen LogP contribution in [0.5, 0.6) is 5.75 Å². The molecular formula is C15H13Cl3N2O. The summed E-state index contributed by atoms with van der Waals surface area (Å²) in [5.74, 6) is 1.29. The molecule has 0 saturated carbocycles. The molecule has 2 aromatic carbocycles. The van der Waals surface area contributed by atoms with Crippen LogP contribution in [0.3, 0.4) is 0 Å². The van der Waals surface area contributed by atoms with E-state index in [1.165, 1.54) is 0 Å². The molecule has 0 saturated heterocycles. The van der Waals surface area contributed by atoms with E-state index in [1.807, 2.05) is 18.2 Å². The van der Waals surface area contributed by atoms with Crippen molar-refractivity contribution in [1.82, 2.24) is 0 Å². The van der Waals surface area contributed by atoms with E-state index < -0.39 is 0 Å². The van der Waals surface area contributed by atoms with Gasteiger partial charge in [-0.05, 0) is 36.4 Å². The molecule has 0 radical (unpaired) electrons. The third-order valence-corrected chi connectivity index (χ3v) is 3.52. The van der Waals surface area contributed by atoms with Crippen molar-refractivity contribution >= 4 is 46.3 Å². The molecule has 21 heavy (non-hydrogen) atoms. The lowest BCUT2D eigenvalue weighted by molar-refractivity contribution is 0.306. The summed E-state index contributed by atoms with van der Waals surface area (Å²) in [5, 5.41) is 1.18. The van der Waals surface area contributed by atoms with Gasteiger partial charge in [-0.1, -0.05) is 29.3 Å². The van der Waals surface area contributed by atoms with Crippen molar-refractivity contribution in [2.45, 2.75) is 6.61 Å². The fraction of sp³-hybridized carbons (Fsp3) is 0.133. The average molecular weight is 344 g/mol. The Labute approximate surface area is 138 Å². The Balaban J connectivity index is 2.00. The molecule has 0 atom stereocenters. The summed E-state index contributed by atoms with van der Waals surface area (Å²) >= 11 is 17.5. The minimum absolute atomic E-state index is 0.202. The first kappa shape index (κ1) is 16.0. The second-order valence-corrected chi connectivity index (χ2v) is 5.37. The number of nitrogens with zero attached hydrogens (tertiary/aromatic N) is 1. The number of rotatable bonds is 5. The van der Waals surface area contributed by atoms with Gasteiger partial charge >= 0.3 is 0 Å². The van der Waals surface area contributed by atoms with Crippen molar-refractivity contribution in [3.8, 4) is 5.75 Å². The van der Waals surface area contributed by atoms with E-state index in [0.29, 0.717) is 28.2 Å². The van der Waals surface area contributed by atoms with Gasteiger partial charge in [-0.2, -0.15) is 0 Å². The number of halogens is 3. The van der Waals surface area contributed by atoms with Crippen LogP contribution in [-0.2, 0) is 6.61 Å². The molecule has 0 aromatic heterocycles. The number of hydrogen-bond acceptors (Lipinski definition) is 2. The van der Waals surface area contributed by atoms with E-state index in [-0.39, 0.29) is 5.88 Å². The van der Waals surface area contributed by atoms with Crippen LogP contribution in [0.4, 0.5) is 5.69 Å². The van der Waals surface area contributed by atoms with Gasteiger partial charge in [-0.25, -0.2) is 4.99 Å². The second-order valence-electron chi connectivity index (χ2n) is 4.26. The molecule has 0 aliphatic rings. The molecule has 0 aliphatic heterocycles. The van der Waals surface area contributed by atoms with Gasteiger partial charge in [0.25, 0.3) is 0 Å². The first-order chi connectivity index (χ1) is 10.1. The maximum Gasteiger partial charge on any atom is 0.119 e. The summed E-state index contributed by atoms with van der Waals surface area (Å²) in [7, 11) is 0. The summed E-state index contributed by atoms with van der Waals surface area (Å²) < 4.78 is 5.67. The van der Waals surface area contributed by atoms with E-state index in [1.54, 1.807) is 24.3 Å². The number of aliphatic imine (C=N–C) groups is 1. The molecule has 6 heteroatoms. The molecule has 0 fully saturated rings. The van der Waals surface area contributed by atoms with Gasteiger partial charge in [-0.3, -0.25) is 0 Å². The molecule has 2 aromatic rings. The third-order valence-electron chi connectivity index (χ3n) is 2.66. The van der Waals surface area contributed by atoms with Crippen LogP contribution in [-0.4, -0.2) is 11.7 Å². The molecule has 0 unspecified atom stereocenters. The normalized spacial score (nSPS) is 11.5. The minimum Gasteiger partial charge on any atom is -0.489 e. The van der Waals surface area contributed by atoms with Gasteiger partial charge in [0.15, 0.2) is 0 Å². The largest absolute Gasteiger partial charge is 0.489 e. The van der Waals surface area contributed by atoms with Crippen molar-refractivity contribution in [3.63, 3.8) is 0 Å². The Hall–Kier alpha value is -1.42. The number of hydrogen-bond donors (Lipinski definition) is 1. The van der Waals surface area contributed by atoms with Crippen LogP contribution in [0.25, 0.3) is 0 Å². The number of benzene rings is 2. The fourth-order valence-electron chi connectivity index (χ4n) is 1.61. The van der Waals surface area contributed by atoms with E-state index in [4.69, 9.17) is 45.3 Å². The van der Waals surface area contributed by atoms with Crippen molar-refractivity contribution < 1.29 is 4.74 Å². The quantitative estimate of drug-likeness (QED) is 0.481. The standard InChI is InChI=1S/C15H13Cl3N2O/c16-8-15(19)20-12-3-5-13(6-4-12)21-9-10-1-2-11(17)7-14(10)18/h1-7H,8-9H2,(H2,19,20). The maximum atomic E-state index is 6.09. The smallest absolute Gasteiger partial charge is 0.119 e. The van der Waals surface area contributed by atoms with Crippen LogP contribution in [0.1, 0.15) is 5.56 Å². The van der Waals surface area contributed by atoms with Crippen LogP contribution in [0, 0.1) is 0 Å². The zero-order chi connectivity index (χ0) is 15.2. The molecule has 0 bridgehead atoms. The van der Waals surface area contributed by atoms with Crippen LogP contribution >= 0.6 is 34.8 Å². The van der Waals surface area contributed by atoms with Crippen LogP contribution in [0.15, 0.2) is 47.5 Å². The number of alkyl halides is 1. The first-order valence-electron chi connectivity index (χ1n) is 6.14. The Morgan fingerprint density at radius 2 is 1.81 bits per heavy atom. The lowest BCUT2D eigenvalue weighted by Gasteiger charge is -2.08. The lowest BCUT2D eigenvalue weighted by Crippen LogP contribution is -2.12. The van der Waals surface area contributed by atoms with Gasteiger partial charge in [0.05, 0.1) is 11.6 Å². The highest BCUT2D eigenvalue weighted by molar-refractivity contribution is 6.35. The Morgan fingerprint density at radius 1 is 1.10 bits per heavy atom. The zero-order valence-electron chi connectivity index (χ0n) is 11.0. The number of nitrogens with two attached hydrogens (primary N) is 1. The monoisotopic (exact) mass is 342 g/mol. The van der Waals surface area contributed by atoms with Crippen molar-refractivity contribution in [3.05, 3.63) is 58.1 Å². The highest BCUT2D eigenvalue weighted by Crippen LogP contribution is 2.23. The molecule has 0 spiro atoms. The number of ether oxygens (including phenoxy) is 1. The summed E-state index contributed by atoms with van der Waals surface area (Å²) in [6.07, 6.45) is 0. The third kappa shape index (κ3) is 4.81. The number of amidine groups is 1.